The van der Waals surface area contributed by atoms with Gasteiger partial charge in [-0.25, -0.2) is 18.5 Å². The van der Waals surface area contributed by atoms with E-state index in [0.717, 1.165) is 10.9 Å². The van der Waals surface area contributed by atoms with E-state index in [1.807, 2.05) is 13.0 Å². The number of nitrogens with one attached hydrogen (secondary N) is 2. The van der Waals surface area contributed by atoms with Crippen molar-refractivity contribution in [3.63, 3.8) is 0 Å². The highest BCUT2D eigenvalue weighted by atomic mass is 32.2. The van der Waals surface area contributed by atoms with Crippen LogP contribution in [-0.2, 0) is 14.8 Å². The van der Waals surface area contributed by atoms with E-state index in [-0.39, 0.29) is 24.3 Å². The van der Waals surface area contributed by atoms with Gasteiger partial charge in [0.1, 0.15) is 11.1 Å². The van der Waals surface area contributed by atoms with Gasteiger partial charge in [0.05, 0.1) is 4.90 Å². The number of carboxylic acid groups (broad SMARTS) is 1. The predicted octanol–water partition coefficient (Wildman–Crippen LogP) is 0.756. The van der Waals surface area contributed by atoms with Crippen molar-refractivity contribution in [1.29, 1.82) is 0 Å². The molecule has 0 unspecified atom stereocenters. The number of sulfonamides is 1. The largest absolute Gasteiger partial charge is 0.480 e. The van der Waals surface area contributed by atoms with Gasteiger partial charge in [-0.3, -0.25) is 4.79 Å². The van der Waals surface area contributed by atoms with E-state index in [0.29, 0.717) is 5.39 Å². The highest BCUT2D eigenvalue weighted by Crippen LogP contribution is 2.24. The number of carboxylic acids is 1. The summed E-state index contributed by atoms with van der Waals surface area (Å²) < 4.78 is 27.8. The molecule has 0 aliphatic carbocycles. The summed E-state index contributed by atoms with van der Waals surface area (Å²) in [6.45, 7) is 1.97. The normalized spacial score (nSPS) is 13.2. The molecule has 0 saturated carbocycles. The Morgan fingerprint density at radius 2 is 2.07 bits per heavy atom. The molecule has 0 fully saturated rings. The van der Waals surface area contributed by atoms with Crippen LogP contribution in [0.1, 0.15) is 18.4 Å². The molecule has 0 radical (unpaired) electrons. The zero-order valence-electron chi connectivity index (χ0n) is 15.5. The Bertz CT molecular complexity index is 1050. The van der Waals surface area contributed by atoms with Gasteiger partial charge >= 0.3 is 5.97 Å². The van der Waals surface area contributed by atoms with E-state index < -0.39 is 33.0 Å². The van der Waals surface area contributed by atoms with Crippen LogP contribution in [0, 0.1) is 17.0 Å². The number of hydrogen-bond donors (Lipinski definition) is 4. The summed E-state index contributed by atoms with van der Waals surface area (Å²) >= 11 is 0. The molecule has 0 aliphatic heterocycles. The molecule has 1 atom stereocenters. The molecule has 0 heterocycles. The number of nitrogens with zero attached hydrogens (tertiary/aromatic N) is 2. The minimum absolute atomic E-state index is 0.0123. The molecule has 0 amide bonds. The Kier molecular flexibility index (Phi) is 7.07. The molecule has 0 aliphatic rings. The van der Waals surface area contributed by atoms with Crippen LogP contribution in [0.15, 0.2) is 46.4 Å². The lowest BCUT2D eigenvalue weighted by atomic mass is 10.1. The molecular weight excluding hydrogens is 402 g/mol. The Balaban J connectivity index is 2.12. The molecule has 0 spiro atoms. The highest BCUT2D eigenvalue weighted by molar-refractivity contribution is 7.89. The number of hydrazone groups is 1. The number of aryl methyl sites for hydroxylation is 1. The number of rotatable bonds is 9. The van der Waals surface area contributed by atoms with Crippen molar-refractivity contribution in [2.75, 3.05) is 6.54 Å². The van der Waals surface area contributed by atoms with Crippen molar-refractivity contribution < 1.29 is 23.4 Å². The first-order valence-electron chi connectivity index (χ1n) is 8.57. The van der Waals surface area contributed by atoms with Gasteiger partial charge in [-0.05, 0) is 31.2 Å². The van der Waals surface area contributed by atoms with Crippen molar-refractivity contribution in [2.45, 2.75) is 30.7 Å². The maximum atomic E-state index is 12.8. The van der Waals surface area contributed by atoms with Gasteiger partial charge in [-0.2, -0.15) is 4.72 Å². The second-order valence-electron chi connectivity index (χ2n) is 6.28. The first-order chi connectivity index (χ1) is 13.6. The smallest absolute Gasteiger partial charge is 0.321 e. The van der Waals surface area contributed by atoms with Gasteiger partial charge in [0.2, 0.25) is 10.0 Å². The molecule has 11 nitrogen and oxygen atoms in total. The van der Waals surface area contributed by atoms with Crippen LogP contribution in [0.5, 0.6) is 0 Å². The molecule has 5 N–H and O–H groups in total. The maximum Gasteiger partial charge on any atom is 0.321 e. The van der Waals surface area contributed by atoms with Crippen LogP contribution < -0.4 is 15.8 Å². The van der Waals surface area contributed by atoms with E-state index in [1.54, 1.807) is 24.3 Å². The fourth-order valence-corrected chi connectivity index (χ4v) is 4.19. The van der Waals surface area contributed by atoms with Gasteiger partial charge in [0.15, 0.2) is 5.03 Å². The Morgan fingerprint density at radius 3 is 2.72 bits per heavy atom. The summed E-state index contributed by atoms with van der Waals surface area (Å²) in [5.41, 5.74) is 6.23. The molecule has 0 saturated heterocycles. The van der Waals surface area contributed by atoms with Crippen LogP contribution in [-0.4, -0.2) is 43.1 Å². The van der Waals surface area contributed by atoms with Crippen LogP contribution in [0.25, 0.3) is 10.8 Å². The van der Waals surface area contributed by atoms with Gasteiger partial charge in [0, 0.05) is 11.9 Å². The van der Waals surface area contributed by atoms with E-state index in [4.69, 9.17) is 5.73 Å². The molecule has 2 aromatic rings. The van der Waals surface area contributed by atoms with Crippen LogP contribution in [0.2, 0.25) is 0 Å². The first kappa shape index (κ1) is 22.0. The van der Waals surface area contributed by atoms with E-state index in [2.05, 4.69) is 15.1 Å². The summed E-state index contributed by atoms with van der Waals surface area (Å²) in [6.07, 6.45) is 0.124. The fourth-order valence-electron chi connectivity index (χ4n) is 2.74. The summed E-state index contributed by atoms with van der Waals surface area (Å²) in [5, 5.41) is 25.1. The molecule has 0 bridgehead atoms. The van der Waals surface area contributed by atoms with Crippen molar-refractivity contribution in [1.82, 2.24) is 10.0 Å². The van der Waals surface area contributed by atoms with E-state index in [9.17, 15) is 28.4 Å². The molecule has 2 aromatic carbocycles. The van der Waals surface area contributed by atoms with Gasteiger partial charge in [-0.15, -0.1) is 0 Å². The lowest BCUT2D eigenvalue weighted by Crippen LogP contribution is -2.41. The SMILES string of the molecule is Cc1ccc2c(S(=O)(=O)N[C@H](CCCN/C(N)=N\[N+](=O)[O-])C(=O)O)cccc2c1. The number of guanidine groups is 1. The number of nitro groups is 1. The van der Waals surface area contributed by atoms with Crippen LogP contribution >= 0.6 is 0 Å². The van der Waals surface area contributed by atoms with Gasteiger partial charge in [-0.1, -0.05) is 35.9 Å². The average Bonchev–Trinajstić information content (AvgIpc) is 2.62. The zero-order valence-corrected chi connectivity index (χ0v) is 16.3. The van der Waals surface area contributed by atoms with Gasteiger partial charge < -0.3 is 16.2 Å². The molecule has 29 heavy (non-hydrogen) atoms. The Morgan fingerprint density at radius 1 is 1.34 bits per heavy atom. The summed E-state index contributed by atoms with van der Waals surface area (Å²) in [4.78, 5) is 21.7. The molecule has 156 valence electrons. The second kappa shape index (κ2) is 9.30. The van der Waals surface area contributed by atoms with Crippen LogP contribution in [0.4, 0.5) is 0 Å². The minimum atomic E-state index is -4.10. The number of fused-ring (bicyclic) bond motifs is 1. The summed E-state index contributed by atoms with van der Waals surface area (Å²) in [6, 6.07) is 8.69. The minimum Gasteiger partial charge on any atom is -0.480 e. The second-order valence-corrected chi connectivity index (χ2v) is 7.97. The monoisotopic (exact) mass is 423 g/mol. The molecule has 2 rings (SSSR count). The topological polar surface area (TPSA) is 177 Å². The number of hydrogen-bond acceptors (Lipinski definition) is 5. The third kappa shape index (κ3) is 6.12. The van der Waals surface area contributed by atoms with E-state index in [1.165, 1.54) is 6.07 Å². The Hall–Kier alpha value is -3.25. The fraction of sp³-hybridized carbons (Fsp3) is 0.294. The average molecular weight is 423 g/mol. The lowest BCUT2D eigenvalue weighted by Gasteiger charge is -2.16. The van der Waals surface area contributed by atoms with Crippen molar-refractivity contribution in [3.05, 3.63) is 52.1 Å². The predicted molar refractivity (Wildman–Crippen MR) is 106 cm³/mol. The van der Waals surface area contributed by atoms with Crippen molar-refractivity contribution in [2.24, 2.45) is 10.8 Å². The quantitative estimate of drug-likeness (QED) is 0.150. The number of benzene rings is 2. The maximum absolute atomic E-state index is 12.8. The number of aliphatic carboxylic acids is 1. The number of carbonyl (C=O) groups is 1. The third-order valence-corrected chi connectivity index (χ3v) is 5.58. The summed E-state index contributed by atoms with van der Waals surface area (Å²) in [5.74, 6) is -1.76. The summed E-state index contributed by atoms with van der Waals surface area (Å²) in [7, 11) is -4.10. The van der Waals surface area contributed by atoms with Crippen LogP contribution in [0.3, 0.4) is 0 Å². The highest BCUT2D eigenvalue weighted by Gasteiger charge is 2.26. The lowest BCUT2D eigenvalue weighted by molar-refractivity contribution is -0.485. The van der Waals surface area contributed by atoms with Crippen molar-refractivity contribution in [3.8, 4) is 0 Å². The van der Waals surface area contributed by atoms with Crippen molar-refractivity contribution >= 4 is 32.7 Å². The number of nitrogens with two attached hydrogens (primary N) is 1. The zero-order chi connectivity index (χ0) is 21.6. The van der Waals surface area contributed by atoms with E-state index >= 15 is 0 Å². The van der Waals surface area contributed by atoms with Gasteiger partial charge in [0.25, 0.3) is 5.96 Å². The standard InChI is InChI=1S/C17H21N5O6S/c1-11-7-8-13-12(10-11)4-2-6-15(13)29(27,28)21-14(16(23)24)5-3-9-19-17(18)20-22(25)26/h2,4,6-8,10,14,21H,3,5,9H2,1H3,(H,23,24)(H3,18,19,20)/t14-/m1/s1. The Labute approximate surface area is 166 Å². The third-order valence-electron chi connectivity index (χ3n) is 4.05. The molecule has 0 aromatic heterocycles. The molecular formula is C17H21N5O6S. The first-order valence-corrected chi connectivity index (χ1v) is 10.1. The molecule has 12 heteroatoms.